The summed E-state index contributed by atoms with van der Waals surface area (Å²) in [4.78, 5) is 46.2. The number of esters is 2. The van der Waals surface area contributed by atoms with Gasteiger partial charge in [0.1, 0.15) is 0 Å². The number of rotatable bonds is 8. The van der Waals surface area contributed by atoms with E-state index in [0.717, 1.165) is 0 Å². The third-order valence-corrected chi connectivity index (χ3v) is 3.16. The first-order chi connectivity index (χ1) is 12.5. The number of carboxylic acid groups (broad SMARTS) is 1. The van der Waals surface area contributed by atoms with Gasteiger partial charge >= 0.3 is 17.9 Å². The molecule has 0 fully saturated rings. The van der Waals surface area contributed by atoms with Crippen molar-refractivity contribution in [1.29, 1.82) is 0 Å². The van der Waals surface area contributed by atoms with E-state index in [9.17, 15) is 24.3 Å². The highest BCUT2D eigenvalue weighted by Gasteiger charge is 2.37. The highest BCUT2D eigenvalue weighted by molar-refractivity contribution is 5.92. The van der Waals surface area contributed by atoms with Crippen molar-refractivity contribution in [1.82, 2.24) is 0 Å². The zero-order valence-corrected chi connectivity index (χ0v) is 13.3. The third-order valence-electron chi connectivity index (χ3n) is 3.16. The Morgan fingerprint density at radius 1 is 0.808 bits per heavy atom. The molecule has 0 heterocycles. The molecule has 2 atom stereocenters. The van der Waals surface area contributed by atoms with E-state index >= 15 is 0 Å². The number of hydrogen-bond acceptors (Lipinski definition) is 7. The van der Waals surface area contributed by atoms with Crippen LogP contribution in [0.1, 0.15) is 20.7 Å². The van der Waals surface area contributed by atoms with E-state index < -0.39 is 30.3 Å². The Balaban J connectivity index is 2.17. The maximum absolute atomic E-state index is 12.1. The summed E-state index contributed by atoms with van der Waals surface area (Å²) in [5, 5.41) is 9.29. The van der Waals surface area contributed by atoms with Gasteiger partial charge in [-0.2, -0.15) is 0 Å². The highest BCUT2D eigenvalue weighted by Crippen LogP contribution is 2.13. The lowest BCUT2D eigenvalue weighted by molar-refractivity contribution is -0.187. The first-order valence-corrected chi connectivity index (χ1v) is 7.37. The summed E-state index contributed by atoms with van der Waals surface area (Å²) >= 11 is 0. The molecule has 26 heavy (non-hydrogen) atoms. The Morgan fingerprint density at radius 2 is 1.27 bits per heavy atom. The van der Waals surface area contributed by atoms with Gasteiger partial charge in [-0.25, -0.2) is 14.4 Å². The van der Waals surface area contributed by atoms with Crippen LogP contribution in [0.2, 0.25) is 0 Å². The van der Waals surface area contributed by atoms with Crippen molar-refractivity contribution in [2.75, 3.05) is 0 Å². The van der Waals surface area contributed by atoms with Gasteiger partial charge < -0.3 is 19.3 Å². The zero-order chi connectivity index (χ0) is 18.9. The maximum atomic E-state index is 12.1. The number of carbonyl (C=O) groups is 4. The van der Waals surface area contributed by atoms with Crippen LogP contribution in [-0.2, 0) is 23.8 Å². The lowest BCUT2D eigenvalue weighted by Gasteiger charge is -2.22. The molecule has 2 rings (SSSR count). The molecular formula is C18H14O8. The molecule has 0 radical (unpaired) electrons. The van der Waals surface area contributed by atoms with Crippen LogP contribution in [-0.4, -0.2) is 41.9 Å². The van der Waals surface area contributed by atoms with E-state index in [2.05, 4.69) is 4.74 Å². The van der Waals surface area contributed by atoms with Gasteiger partial charge in [-0.05, 0) is 24.3 Å². The quantitative estimate of drug-likeness (QED) is 0.430. The van der Waals surface area contributed by atoms with Crippen molar-refractivity contribution >= 4 is 24.4 Å². The van der Waals surface area contributed by atoms with Crippen LogP contribution in [0.5, 0.6) is 0 Å². The lowest BCUT2D eigenvalue weighted by Crippen LogP contribution is -2.42. The molecule has 0 aliphatic heterocycles. The molecule has 0 saturated heterocycles. The summed E-state index contributed by atoms with van der Waals surface area (Å²) in [6, 6.07) is 15.2. The van der Waals surface area contributed by atoms with E-state index in [4.69, 9.17) is 9.47 Å². The molecule has 2 aromatic carbocycles. The predicted molar refractivity (Wildman–Crippen MR) is 86.1 cm³/mol. The fourth-order valence-corrected chi connectivity index (χ4v) is 1.94. The average Bonchev–Trinajstić information content (AvgIpc) is 2.66. The monoisotopic (exact) mass is 358 g/mol. The molecule has 0 spiro atoms. The molecule has 134 valence electrons. The number of benzene rings is 2. The molecule has 0 bridgehead atoms. The van der Waals surface area contributed by atoms with E-state index in [-0.39, 0.29) is 17.6 Å². The molecule has 8 heteroatoms. The molecule has 0 aliphatic rings. The van der Waals surface area contributed by atoms with Crippen molar-refractivity contribution in [2.24, 2.45) is 0 Å². The Morgan fingerprint density at radius 3 is 1.69 bits per heavy atom. The SMILES string of the molecule is O=CO[C@H](OC(=O)c1ccccc1)[C@H](OC(=O)c1ccccc1)C(=O)O. The average molecular weight is 358 g/mol. The lowest BCUT2D eigenvalue weighted by atomic mass is 10.2. The molecule has 1 N–H and O–H groups in total. The first kappa shape index (κ1) is 18.7. The van der Waals surface area contributed by atoms with E-state index in [1.807, 2.05) is 0 Å². The molecule has 0 amide bonds. The summed E-state index contributed by atoms with van der Waals surface area (Å²) in [7, 11) is 0. The van der Waals surface area contributed by atoms with Crippen molar-refractivity contribution in [3.63, 3.8) is 0 Å². The smallest absolute Gasteiger partial charge is 0.353 e. The Labute approximate surface area is 147 Å². The fraction of sp³-hybridized carbons (Fsp3) is 0.111. The Kier molecular flexibility index (Phi) is 6.44. The Hall–Kier alpha value is -3.68. The standard InChI is InChI=1S/C18H14O8/c19-11-24-18(26-17(23)13-9-5-2-6-10-13)14(15(20)21)25-16(22)12-7-3-1-4-8-12/h1-11,14,18H,(H,20,21)/t14-,18-/m1/s1. The maximum Gasteiger partial charge on any atom is 0.353 e. The van der Waals surface area contributed by atoms with Crippen molar-refractivity contribution in [3.05, 3.63) is 71.8 Å². The molecule has 2 aromatic rings. The summed E-state index contributed by atoms with van der Waals surface area (Å²) in [5.74, 6) is -3.57. The predicted octanol–water partition coefficient (Wildman–Crippen LogP) is 1.65. The zero-order valence-electron chi connectivity index (χ0n) is 13.3. The minimum atomic E-state index is -2.04. The number of ether oxygens (including phenoxy) is 3. The van der Waals surface area contributed by atoms with Gasteiger partial charge in [0.2, 0.25) is 0 Å². The molecule has 0 saturated carbocycles. The van der Waals surface area contributed by atoms with Crippen molar-refractivity contribution in [3.8, 4) is 0 Å². The molecule has 0 aromatic heterocycles. The van der Waals surface area contributed by atoms with Gasteiger partial charge in [-0.15, -0.1) is 0 Å². The molecule has 0 unspecified atom stereocenters. The molecule has 8 nitrogen and oxygen atoms in total. The van der Waals surface area contributed by atoms with Gasteiger partial charge in [-0.3, -0.25) is 4.79 Å². The summed E-state index contributed by atoms with van der Waals surface area (Å²) in [6.45, 7) is -0.102. The topological polar surface area (TPSA) is 116 Å². The van der Waals surface area contributed by atoms with Gasteiger partial charge in [0.15, 0.2) is 0 Å². The van der Waals surface area contributed by atoms with Crippen LogP contribution in [0.3, 0.4) is 0 Å². The van der Waals surface area contributed by atoms with Crippen LogP contribution >= 0.6 is 0 Å². The van der Waals surface area contributed by atoms with Crippen LogP contribution < -0.4 is 0 Å². The van der Waals surface area contributed by atoms with Gasteiger partial charge in [0.05, 0.1) is 11.1 Å². The highest BCUT2D eigenvalue weighted by atomic mass is 16.7. The Bertz CT molecular complexity index is 772. The van der Waals surface area contributed by atoms with Crippen LogP contribution in [0.15, 0.2) is 60.7 Å². The van der Waals surface area contributed by atoms with Crippen molar-refractivity contribution in [2.45, 2.75) is 12.4 Å². The first-order valence-electron chi connectivity index (χ1n) is 7.37. The summed E-state index contributed by atoms with van der Waals surface area (Å²) < 4.78 is 14.2. The van der Waals surface area contributed by atoms with Gasteiger partial charge in [-0.1, -0.05) is 36.4 Å². The van der Waals surface area contributed by atoms with Crippen LogP contribution in [0, 0.1) is 0 Å². The summed E-state index contributed by atoms with van der Waals surface area (Å²) in [5.41, 5.74) is 0.184. The minimum absolute atomic E-state index is 0.0815. The number of aliphatic carboxylic acids is 1. The second-order valence-electron chi connectivity index (χ2n) is 4.90. The third kappa shape index (κ3) is 4.91. The van der Waals surface area contributed by atoms with E-state index in [0.29, 0.717) is 0 Å². The van der Waals surface area contributed by atoms with Gasteiger partial charge in [0, 0.05) is 0 Å². The summed E-state index contributed by atoms with van der Waals surface area (Å²) in [6.07, 6.45) is -3.99. The molecular weight excluding hydrogens is 344 g/mol. The second kappa shape index (κ2) is 8.97. The fourth-order valence-electron chi connectivity index (χ4n) is 1.94. The number of carbonyl (C=O) groups excluding carboxylic acids is 3. The van der Waals surface area contributed by atoms with Gasteiger partial charge in [0.25, 0.3) is 18.9 Å². The number of hydrogen-bond donors (Lipinski definition) is 1. The normalized spacial score (nSPS) is 12.3. The van der Waals surface area contributed by atoms with Crippen LogP contribution in [0.4, 0.5) is 0 Å². The minimum Gasteiger partial charge on any atom is -0.478 e. The van der Waals surface area contributed by atoms with Crippen LogP contribution in [0.25, 0.3) is 0 Å². The largest absolute Gasteiger partial charge is 0.478 e. The van der Waals surface area contributed by atoms with Crippen molar-refractivity contribution < 1.29 is 38.5 Å². The second-order valence-corrected chi connectivity index (χ2v) is 4.90. The number of carboxylic acids is 1. The van der Waals surface area contributed by atoms with E-state index in [1.165, 1.54) is 24.3 Å². The van der Waals surface area contributed by atoms with E-state index in [1.54, 1.807) is 36.4 Å². The molecule has 0 aliphatic carbocycles.